The quantitative estimate of drug-likeness (QED) is 0.413. The molecule has 1 aliphatic heterocycles. The lowest BCUT2D eigenvalue weighted by molar-refractivity contribution is -0.140. The molecule has 1 aliphatic rings. The fourth-order valence-electron chi connectivity index (χ4n) is 3.31. The first-order valence-electron chi connectivity index (χ1n) is 9.97. The molecule has 0 aliphatic carbocycles. The summed E-state index contributed by atoms with van der Waals surface area (Å²) in [4.78, 5) is 31.1. The maximum atomic E-state index is 12.1. The molecular formula is C20H32NO5P. The molecule has 1 amide bonds. The standard InChI is InChI=1S/C20H32NO5P/c1-2-3-4-5-6-8-17-11-13-18(14-12-17)9-7-10-20(22)21-15-19(16-21)26-27(23,24)25/h11-14,19H,2-10,15-16H2,1H3,(H2,23,24,25). The summed E-state index contributed by atoms with van der Waals surface area (Å²) in [6.07, 6.45) is 9.13. The second-order valence-corrected chi connectivity index (χ2v) is 8.54. The highest BCUT2D eigenvalue weighted by molar-refractivity contribution is 7.46. The van der Waals surface area contributed by atoms with Crippen LogP contribution >= 0.6 is 7.82 Å². The monoisotopic (exact) mass is 397 g/mol. The number of amides is 1. The summed E-state index contributed by atoms with van der Waals surface area (Å²) < 4.78 is 15.3. The second-order valence-electron chi connectivity index (χ2n) is 7.35. The van der Waals surface area contributed by atoms with Crippen LogP contribution in [0, 0.1) is 0 Å². The van der Waals surface area contributed by atoms with E-state index in [2.05, 4.69) is 35.7 Å². The predicted molar refractivity (Wildman–Crippen MR) is 105 cm³/mol. The number of nitrogens with zero attached hydrogens (tertiary/aromatic N) is 1. The lowest BCUT2D eigenvalue weighted by Gasteiger charge is -2.38. The van der Waals surface area contributed by atoms with E-state index in [1.165, 1.54) is 43.2 Å². The van der Waals surface area contributed by atoms with E-state index >= 15 is 0 Å². The first-order chi connectivity index (χ1) is 12.9. The third kappa shape index (κ3) is 8.56. The minimum Gasteiger partial charge on any atom is -0.337 e. The normalized spacial score (nSPS) is 15.0. The van der Waals surface area contributed by atoms with Crippen molar-refractivity contribution >= 4 is 13.7 Å². The summed E-state index contributed by atoms with van der Waals surface area (Å²) in [5.74, 6) is 0.0178. The number of carbonyl (C=O) groups excluding carboxylic acids is 1. The smallest absolute Gasteiger partial charge is 0.337 e. The molecule has 0 unspecified atom stereocenters. The molecular weight excluding hydrogens is 365 g/mol. The molecule has 2 N–H and O–H groups in total. The topological polar surface area (TPSA) is 87.1 Å². The number of phosphoric acid groups is 1. The largest absolute Gasteiger partial charge is 0.469 e. The van der Waals surface area contributed by atoms with Crippen molar-refractivity contribution in [2.75, 3.05) is 13.1 Å². The maximum absolute atomic E-state index is 12.1. The zero-order valence-electron chi connectivity index (χ0n) is 16.2. The van der Waals surface area contributed by atoms with Crippen LogP contribution in [0.4, 0.5) is 0 Å². The van der Waals surface area contributed by atoms with Crippen LogP contribution in [0.2, 0.25) is 0 Å². The molecule has 0 atom stereocenters. The summed E-state index contributed by atoms with van der Waals surface area (Å²) in [5.41, 5.74) is 2.62. The van der Waals surface area contributed by atoms with E-state index in [0.717, 1.165) is 19.3 Å². The lowest BCUT2D eigenvalue weighted by atomic mass is 10.0. The summed E-state index contributed by atoms with van der Waals surface area (Å²) in [7, 11) is -4.46. The zero-order valence-corrected chi connectivity index (χ0v) is 17.1. The predicted octanol–water partition coefficient (Wildman–Crippen LogP) is 3.84. The van der Waals surface area contributed by atoms with Crippen molar-refractivity contribution in [1.82, 2.24) is 4.90 Å². The van der Waals surface area contributed by atoms with E-state index in [4.69, 9.17) is 9.79 Å². The van der Waals surface area contributed by atoms with Gasteiger partial charge in [-0.15, -0.1) is 0 Å². The van der Waals surface area contributed by atoms with Gasteiger partial charge in [-0.1, -0.05) is 56.9 Å². The highest BCUT2D eigenvalue weighted by atomic mass is 31.2. The van der Waals surface area contributed by atoms with Gasteiger partial charge < -0.3 is 14.7 Å². The molecule has 0 spiro atoms. The van der Waals surface area contributed by atoms with Gasteiger partial charge in [0.1, 0.15) is 6.10 Å². The van der Waals surface area contributed by atoms with Gasteiger partial charge in [0.05, 0.1) is 0 Å². The van der Waals surface area contributed by atoms with Crippen molar-refractivity contribution in [3.05, 3.63) is 35.4 Å². The van der Waals surface area contributed by atoms with Gasteiger partial charge in [-0.3, -0.25) is 9.32 Å². The molecule has 152 valence electrons. The van der Waals surface area contributed by atoms with E-state index in [0.29, 0.717) is 6.42 Å². The molecule has 0 bridgehead atoms. The second kappa shape index (κ2) is 11.0. The van der Waals surface area contributed by atoms with E-state index in [-0.39, 0.29) is 19.0 Å². The number of likely N-dealkylation sites (tertiary alicyclic amines) is 1. The molecule has 1 aromatic rings. The summed E-state index contributed by atoms with van der Waals surface area (Å²) >= 11 is 0. The van der Waals surface area contributed by atoms with Gasteiger partial charge in [-0.05, 0) is 36.8 Å². The fourth-order valence-corrected chi connectivity index (χ4v) is 3.83. The van der Waals surface area contributed by atoms with E-state index in [9.17, 15) is 9.36 Å². The number of carbonyl (C=O) groups is 1. The van der Waals surface area contributed by atoms with Crippen molar-refractivity contribution in [2.45, 2.75) is 70.8 Å². The Labute approximate surface area is 162 Å². The third-order valence-corrected chi connectivity index (χ3v) is 5.51. The number of unbranched alkanes of at least 4 members (excludes halogenated alkanes) is 4. The average Bonchev–Trinajstić information content (AvgIpc) is 2.58. The van der Waals surface area contributed by atoms with Crippen LogP contribution in [0.5, 0.6) is 0 Å². The number of benzene rings is 1. The fraction of sp³-hybridized carbons (Fsp3) is 0.650. The Balaban J connectivity index is 1.59. The van der Waals surface area contributed by atoms with Crippen LogP contribution in [0.25, 0.3) is 0 Å². The molecule has 1 heterocycles. The molecule has 1 fully saturated rings. The number of hydrogen-bond donors (Lipinski definition) is 2. The van der Waals surface area contributed by atoms with E-state index in [1.807, 2.05) is 0 Å². The molecule has 7 heteroatoms. The number of aryl methyl sites for hydroxylation is 2. The van der Waals surface area contributed by atoms with Crippen LogP contribution in [0.1, 0.15) is 63.0 Å². The average molecular weight is 397 g/mol. The van der Waals surface area contributed by atoms with Crippen molar-refractivity contribution in [3.8, 4) is 0 Å². The van der Waals surface area contributed by atoms with Gasteiger partial charge in [0.2, 0.25) is 5.91 Å². The van der Waals surface area contributed by atoms with Crippen molar-refractivity contribution in [3.63, 3.8) is 0 Å². The molecule has 0 radical (unpaired) electrons. The van der Waals surface area contributed by atoms with Gasteiger partial charge in [0.15, 0.2) is 0 Å². The third-order valence-electron chi connectivity index (χ3n) is 4.94. The molecule has 0 aromatic heterocycles. The van der Waals surface area contributed by atoms with Crippen molar-refractivity contribution in [2.24, 2.45) is 0 Å². The van der Waals surface area contributed by atoms with Crippen molar-refractivity contribution < 1.29 is 23.7 Å². The maximum Gasteiger partial charge on any atom is 0.469 e. The molecule has 6 nitrogen and oxygen atoms in total. The molecule has 2 rings (SSSR count). The van der Waals surface area contributed by atoms with Crippen LogP contribution < -0.4 is 0 Å². The van der Waals surface area contributed by atoms with Gasteiger partial charge in [0.25, 0.3) is 0 Å². The van der Waals surface area contributed by atoms with Crippen LogP contribution in [-0.2, 0) is 26.7 Å². The highest BCUT2D eigenvalue weighted by Crippen LogP contribution is 2.39. The first kappa shape index (κ1) is 22.1. The van der Waals surface area contributed by atoms with Gasteiger partial charge >= 0.3 is 7.82 Å². The Hall–Kier alpha value is -1.20. The molecule has 1 saturated heterocycles. The Morgan fingerprint density at radius 1 is 1.04 bits per heavy atom. The number of rotatable bonds is 12. The van der Waals surface area contributed by atoms with Crippen LogP contribution in [-0.4, -0.2) is 39.8 Å². The van der Waals surface area contributed by atoms with Crippen LogP contribution in [0.15, 0.2) is 24.3 Å². The lowest BCUT2D eigenvalue weighted by Crippen LogP contribution is -2.54. The Kier molecular flexibility index (Phi) is 8.97. The minimum atomic E-state index is -4.46. The minimum absolute atomic E-state index is 0.0178. The number of phosphoric ester groups is 1. The molecule has 0 saturated carbocycles. The summed E-state index contributed by atoms with van der Waals surface area (Å²) in [6, 6.07) is 8.69. The Morgan fingerprint density at radius 2 is 1.59 bits per heavy atom. The Bertz CT molecular complexity index is 622. The molecule has 27 heavy (non-hydrogen) atoms. The SMILES string of the molecule is CCCCCCCc1ccc(CCCC(=O)N2CC(OP(=O)(O)O)C2)cc1. The van der Waals surface area contributed by atoms with Crippen LogP contribution in [0.3, 0.4) is 0 Å². The highest BCUT2D eigenvalue weighted by Gasteiger charge is 2.35. The van der Waals surface area contributed by atoms with Gasteiger partial charge in [-0.25, -0.2) is 4.57 Å². The zero-order chi connectivity index (χ0) is 19.7. The summed E-state index contributed by atoms with van der Waals surface area (Å²) in [5, 5.41) is 0. The molecule has 1 aromatic carbocycles. The van der Waals surface area contributed by atoms with E-state index < -0.39 is 13.9 Å². The van der Waals surface area contributed by atoms with E-state index in [1.54, 1.807) is 4.90 Å². The Morgan fingerprint density at radius 3 is 2.15 bits per heavy atom. The van der Waals surface area contributed by atoms with Gasteiger partial charge in [-0.2, -0.15) is 0 Å². The van der Waals surface area contributed by atoms with Crippen molar-refractivity contribution in [1.29, 1.82) is 0 Å². The number of hydrogen-bond acceptors (Lipinski definition) is 3. The summed E-state index contributed by atoms with van der Waals surface area (Å²) in [6.45, 7) is 2.75. The van der Waals surface area contributed by atoms with Gasteiger partial charge in [0, 0.05) is 19.5 Å². The first-order valence-corrected chi connectivity index (χ1v) is 11.5.